The van der Waals surface area contributed by atoms with Crippen molar-refractivity contribution in [3.05, 3.63) is 30.1 Å². The van der Waals surface area contributed by atoms with E-state index in [0.29, 0.717) is 18.5 Å². The maximum absolute atomic E-state index is 11.5. The van der Waals surface area contributed by atoms with Crippen LogP contribution in [-0.4, -0.2) is 22.0 Å². The molecule has 0 bridgehead atoms. The first-order chi connectivity index (χ1) is 7.59. The first-order valence-corrected chi connectivity index (χ1v) is 5.03. The third kappa shape index (κ3) is 1.28. The van der Waals surface area contributed by atoms with E-state index in [0.717, 1.165) is 0 Å². The van der Waals surface area contributed by atoms with Crippen molar-refractivity contribution < 1.29 is 14.7 Å². The van der Waals surface area contributed by atoms with E-state index in [1.54, 1.807) is 18.2 Å². The number of hydrogen-bond donors (Lipinski definition) is 2. The largest absolute Gasteiger partial charge is 0.481 e. The number of aliphatic carboxylic acids is 1. The molecule has 0 aromatic carbocycles. The van der Waals surface area contributed by atoms with Crippen LogP contribution in [0.25, 0.3) is 0 Å². The fraction of sp³-hybridized carbons (Fsp3) is 0.364. The zero-order valence-electron chi connectivity index (χ0n) is 8.59. The number of rotatable bonds is 3. The van der Waals surface area contributed by atoms with E-state index in [-0.39, 0.29) is 0 Å². The Bertz CT molecular complexity index is 432. The van der Waals surface area contributed by atoms with Crippen molar-refractivity contribution in [2.45, 2.75) is 18.3 Å². The lowest BCUT2D eigenvalue weighted by atomic mass is 9.57. The molecular weight excluding hydrogens is 208 g/mol. The van der Waals surface area contributed by atoms with E-state index >= 15 is 0 Å². The van der Waals surface area contributed by atoms with Gasteiger partial charge in [0.15, 0.2) is 0 Å². The van der Waals surface area contributed by atoms with Gasteiger partial charge < -0.3 is 10.8 Å². The summed E-state index contributed by atoms with van der Waals surface area (Å²) < 4.78 is 0. The molecule has 84 valence electrons. The summed E-state index contributed by atoms with van der Waals surface area (Å²) in [6, 6.07) is 5.09. The quantitative estimate of drug-likeness (QED) is 0.766. The van der Waals surface area contributed by atoms with Crippen molar-refractivity contribution in [1.29, 1.82) is 0 Å². The van der Waals surface area contributed by atoms with Crippen molar-refractivity contribution in [2.24, 2.45) is 11.7 Å². The monoisotopic (exact) mass is 220 g/mol. The van der Waals surface area contributed by atoms with E-state index < -0.39 is 23.2 Å². The number of carboxylic acids is 1. The molecule has 16 heavy (non-hydrogen) atoms. The molecule has 3 N–H and O–H groups in total. The predicted molar refractivity (Wildman–Crippen MR) is 55.5 cm³/mol. The van der Waals surface area contributed by atoms with Crippen LogP contribution in [0.4, 0.5) is 0 Å². The topological polar surface area (TPSA) is 93.3 Å². The summed E-state index contributed by atoms with van der Waals surface area (Å²) in [6.07, 6.45) is 2.46. The fourth-order valence-electron chi connectivity index (χ4n) is 2.27. The molecule has 1 fully saturated rings. The van der Waals surface area contributed by atoms with Crippen molar-refractivity contribution in [1.82, 2.24) is 4.98 Å². The number of nitrogens with zero attached hydrogens (tertiary/aromatic N) is 1. The highest BCUT2D eigenvalue weighted by Gasteiger charge is 2.57. The minimum absolute atomic E-state index is 0.455. The van der Waals surface area contributed by atoms with Crippen LogP contribution in [-0.2, 0) is 15.0 Å². The number of amides is 1. The van der Waals surface area contributed by atoms with Crippen molar-refractivity contribution in [3.63, 3.8) is 0 Å². The Morgan fingerprint density at radius 3 is 2.62 bits per heavy atom. The zero-order valence-corrected chi connectivity index (χ0v) is 8.59. The van der Waals surface area contributed by atoms with Gasteiger partial charge in [0, 0.05) is 6.20 Å². The molecule has 2 unspecified atom stereocenters. The summed E-state index contributed by atoms with van der Waals surface area (Å²) in [5.74, 6) is -2.35. The average molecular weight is 220 g/mol. The van der Waals surface area contributed by atoms with Crippen LogP contribution in [0.15, 0.2) is 24.4 Å². The van der Waals surface area contributed by atoms with Crippen LogP contribution in [0.5, 0.6) is 0 Å². The molecule has 5 heteroatoms. The summed E-state index contributed by atoms with van der Waals surface area (Å²) in [7, 11) is 0. The summed E-state index contributed by atoms with van der Waals surface area (Å²) in [5, 5.41) is 9.04. The van der Waals surface area contributed by atoms with Gasteiger partial charge in [0.25, 0.3) is 0 Å². The fourth-order valence-corrected chi connectivity index (χ4v) is 2.27. The number of pyridine rings is 1. The van der Waals surface area contributed by atoms with Gasteiger partial charge in [-0.1, -0.05) is 6.07 Å². The molecule has 0 spiro atoms. The Morgan fingerprint density at radius 1 is 1.50 bits per heavy atom. The van der Waals surface area contributed by atoms with Gasteiger partial charge in [-0.05, 0) is 25.0 Å². The standard InChI is InChI=1S/C11H12N2O3/c12-10(16)11(5-4-7(11)9(14)15)8-3-1-2-6-13-8/h1-3,6-7H,4-5H2,(H2,12,16)(H,14,15). The zero-order chi connectivity index (χ0) is 11.8. The van der Waals surface area contributed by atoms with E-state index in [1.165, 1.54) is 6.20 Å². The molecule has 0 saturated heterocycles. The Morgan fingerprint density at radius 2 is 2.25 bits per heavy atom. The van der Waals surface area contributed by atoms with Gasteiger partial charge in [-0.15, -0.1) is 0 Å². The van der Waals surface area contributed by atoms with Crippen LogP contribution >= 0.6 is 0 Å². The highest BCUT2D eigenvalue weighted by atomic mass is 16.4. The third-order valence-corrected chi connectivity index (χ3v) is 3.28. The van der Waals surface area contributed by atoms with E-state index in [4.69, 9.17) is 10.8 Å². The second kappa shape index (κ2) is 3.59. The van der Waals surface area contributed by atoms with Gasteiger partial charge in [-0.3, -0.25) is 14.6 Å². The number of carbonyl (C=O) groups excluding carboxylic acids is 1. The van der Waals surface area contributed by atoms with Gasteiger partial charge in [-0.25, -0.2) is 0 Å². The van der Waals surface area contributed by atoms with Crippen LogP contribution in [0.1, 0.15) is 18.5 Å². The molecule has 1 aromatic heterocycles. The van der Waals surface area contributed by atoms with Gasteiger partial charge in [-0.2, -0.15) is 0 Å². The van der Waals surface area contributed by atoms with Gasteiger partial charge in [0.05, 0.1) is 11.6 Å². The predicted octanol–water partition coefficient (Wildman–Crippen LogP) is 0.299. The number of nitrogens with two attached hydrogens (primary N) is 1. The summed E-state index contributed by atoms with van der Waals surface area (Å²) >= 11 is 0. The Hall–Kier alpha value is -1.91. The molecule has 2 rings (SSSR count). The van der Waals surface area contributed by atoms with Crippen LogP contribution in [0, 0.1) is 5.92 Å². The van der Waals surface area contributed by atoms with Crippen LogP contribution in [0.3, 0.4) is 0 Å². The molecule has 1 heterocycles. The van der Waals surface area contributed by atoms with Crippen molar-refractivity contribution in [2.75, 3.05) is 0 Å². The maximum atomic E-state index is 11.5. The van der Waals surface area contributed by atoms with Gasteiger partial charge in [0.2, 0.25) is 5.91 Å². The average Bonchev–Trinajstić information content (AvgIpc) is 2.16. The minimum Gasteiger partial charge on any atom is -0.481 e. The molecule has 1 aliphatic carbocycles. The number of carboxylic acid groups (broad SMARTS) is 1. The molecular formula is C11H12N2O3. The lowest BCUT2D eigenvalue weighted by molar-refractivity contribution is -0.154. The molecule has 1 aromatic rings. The second-order valence-electron chi connectivity index (χ2n) is 3.98. The van der Waals surface area contributed by atoms with Crippen molar-refractivity contribution in [3.8, 4) is 0 Å². The summed E-state index contributed by atoms with van der Waals surface area (Å²) in [6.45, 7) is 0. The Balaban J connectivity index is 2.46. The molecule has 1 aliphatic rings. The molecule has 2 atom stereocenters. The number of hydrogen-bond acceptors (Lipinski definition) is 3. The van der Waals surface area contributed by atoms with Gasteiger partial charge in [0.1, 0.15) is 5.41 Å². The molecule has 1 saturated carbocycles. The Labute approximate surface area is 92.3 Å². The highest BCUT2D eigenvalue weighted by molar-refractivity contribution is 5.93. The van der Waals surface area contributed by atoms with Crippen LogP contribution < -0.4 is 5.73 Å². The first kappa shape index (κ1) is 10.6. The summed E-state index contributed by atoms with van der Waals surface area (Å²) in [4.78, 5) is 26.6. The second-order valence-corrected chi connectivity index (χ2v) is 3.98. The lowest BCUT2D eigenvalue weighted by Gasteiger charge is -2.43. The number of carbonyl (C=O) groups is 2. The van der Waals surface area contributed by atoms with E-state index in [1.807, 2.05) is 0 Å². The van der Waals surface area contributed by atoms with Crippen molar-refractivity contribution >= 4 is 11.9 Å². The Kier molecular flexibility index (Phi) is 2.38. The minimum atomic E-state index is -1.12. The number of aromatic nitrogens is 1. The van der Waals surface area contributed by atoms with Crippen LogP contribution in [0.2, 0.25) is 0 Å². The third-order valence-electron chi connectivity index (χ3n) is 3.28. The molecule has 0 radical (unpaired) electrons. The SMILES string of the molecule is NC(=O)C1(c2ccccn2)CCC1C(=O)O. The maximum Gasteiger partial charge on any atom is 0.307 e. The molecule has 0 aliphatic heterocycles. The van der Waals surface area contributed by atoms with Gasteiger partial charge >= 0.3 is 5.97 Å². The van der Waals surface area contributed by atoms with E-state index in [2.05, 4.69) is 4.98 Å². The lowest BCUT2D eigenvalue weighted by Crippen LogP contribution is -2.57. The number of primary amides is 1. The first-order valence-electron chi connectivity index (χ1n) is 5.03. The molecule has 1 amide bonds. The normalized spacial score (nSPS) is 28.1. The highest BCUT2D eigenvalue weighted by Crippen LogP contribution is 2.48. The smallest absolute Gasteiger partial charge is 0.307 e. The molecule has 5 nitrogen and oxygen atoms in total. The summed E-state index contributed by atoms with van der Waals surface area (Å²) in [5.41, 5.74) is 4.69. The van der Waals surface area contributed by atoms with E-state index in [9.17, 15) is 9.59 Å².